The van der Waals surface area contributed by atoms with Gasteiger partial charge in [0.05, 0.1) is 6.42 Å². The minimum Gasteiger partial charge on any atom is -0.299 e. The number of carbonyl (C=O) groups excluding carboxylic acids is 2. The molecule has 0 N–H and O–H groups in total. The van der Waals surface area contributed by atoms with Gasteiger partial charge in [0.2, 0.25) is 0 Å². The van der Waals surface area contributed by atoms with E-state index in [4.69, 9.17) is 0 Å². The van der Waals surface area contributed by atoms with Crippen molar-refractivity contribution in [2.24, 2.45) is 0 Å². The van der Waals surface area contributed by atoms with Crippen LogP contribution in [0, 0.1) is 0 Å². The van der Waals surface area contributed by atoms with Gasteiger partial charge in [-0.1, -0.05) is 13.0 Å². The average molecular weight is 154 g/mol. The first-order valence-electron chi connectivity index (χ1n) is 3.88. The zero-order valence-electron chi connectivity index (χ0n) is 7.09. The van der Waals surface area contributed by atoms with Gasteiger partial charge in [-0.2, -0.15) is 0 Å². The molecule has 0 rings (SSSR count). The number of Topliss-reactive ketones (excluding diaryl/α,β-unsaturated/α-hetero) is 1. The van der Waals surface area contributed by atoms with Crippen LogP contribution in [-0.2, 0) is 9.59 Å². The molecule has 2 nitrogen and oxygen atoms in total. The number of hydrogen-bond acceptors (Lipinski definition) is 2. The van der Waals surface area contributed by atoms with E-state index >= 15 is 0 Å². The molecule has 0 saturated heterocycles. The Balaban J connectivity index is 3.66. The highest BCUT2D eigenvalue weighted by molar-refractivity contribution is 6.04. The van der Waals surface area contributed by atoms with Crippen LogP contribution in [0.3, 0.4) is 0 Å². The Morgan fingerprint density at radius 3 is 2.45 bits per heavy atom. The molecule has 0 aromatic heterocycles. The maximum atomic E-state index is 10.9. The van der Waals surface area contributed by atoms with E-state index in [-0.39, 0.29) is 18.0 Å². The van der Waals surface area contributed by atoms with Gasteiger partial charge in [-0.05, 0) is 19.4 Å². The summed E-state index contributed by atoms with van der Waals surface area (Å²) >= 11 is 0. The smallest absolute Gasteiger partial charge is 0.162 e. The second-order valence-electron chi connectivity index (χ2n) is 2.43. The molecule has 0 saturated carbocycles. The molecule has 0 aliphatic carbocycles. The lowest BCUT2D eigenvalue weighted by Crippen LogP contribution is -2.04. The zero-order valence-corrected chi connectivity index (χ0v) is 7.09. The van der Waals surface area contributed by atoms with E-state index in [2.05, 4.69) is 0 Å². The van der Waals surface area contributed by atoms with Crippen LogP contribution in [0.5, 0.6) is 0 Å². The van der Waals surface area contributed by atoms with Gasteiger partial charge in [-0.3, -0.25) is 9.59 Å². The number of allylic oxidation sites excluding steroid dienone is 2. The molecule has 0 aromatic carbocycles. The second kappa shape index (κ2) is 5.83. The van der Waals surface area contributed by atoms with E-state index in [0.717, 1.165) is 6.42 Å². The maximum absolute atomic E-state index is 10.9. The van der Waals surface area contributed by atoms with E-state index in [1.807, 2.05) is 6.92 Å². The number of ketones is 2. The van der Waals surface area contributed by atoms with E-state index in [1.165, 1.54) is 6.08 Å². The fourth-order valence-corrected chi connectivity index (χ4v) is 0.806. The molecular formula is C9H14O2. The molecule has 0 aliphatic rings. The summed E-state index contributed by atoms with van der Waals surface area (Å²) in [7, 11) is 0. The molecule has 0 atom stereocenters. The molecule has 0 radical (unpaired) electrons. The summed E-state index contributed by atoms with van der Waals surface area (Å²) in [6.45, 7) is 3.69. The first kappa shape index (κ1) is 10.1. The standard InChI is InChI=1S/C9H14O2/c1-3-5-8(10)7-9(11)6-4-2/h3,5H,4,6-7H2,1-2H3. The highest BCUT2D eigenvalue weighted by Gasteiger charge is 2.04. The van der Waals surface area contributed by atoms with Gasteiger partial charge in [0.1, 0.15) is 5.78 Å². The molecule has 2 heteroatoms. The van der Waals surface area contributed by atoms with E-state index in [9.17, 15) is 9.59 Å². The Kier molecular flexibility index (Phi) is 5.35. The van der Waals surface area contributed by atoms with Crippen molar-refractivity contribution < 1.29 is 9.59 Å². The van der Waals surface area contributed by atoms with Gasteiger partial charge < -0.3 is 0 Å². The minimum atomic E-state index is -0.0917. The van der Waals surface area contributed by atoms with Crippen LogP contribution < -0.4 is 0 Å². The highest BCUT2D eigenvalue weighted by atomic mass is 16.1. The first-order chi connectivity index (χ1) is 5.20. The van der Waals surface area contributed by atoms with Crippen LogP contribution in [-0.4, -0.2) is 11.6 Å². The van der Waals surface area contributed by atoms with Crippen molar-refractivity contribution in [1.82, 2.24) is 0 Å². The quantitative estimate of drug-likeness (QED) is 0.447. The van der Waals surface area contributed by atoms with Crippen LogP contribution >= 0.6 is 0 Å². The second-order valence-corrected chi connectivity index (χ2v) is 2.43. The summed E-state index contributed by atoms with van der Waals surface area (Å²) in [5, 5.41) is 0. The molecule has 0 bridgehead atoms. The van der Waals surface area contributed by atoms with Crippen molar-refractivity contribution >= 4 is 11.6 Å². The molecule has 11 heavy (non-hydrogen) atoms. The fourth-order valence-electron chi connectivity index (χ4n) is 0.806. The van der Waals surface area contributed by atoms with Gasteiger partial charge >= 0.3 is 0 Å². The maximum Gasteiger partial charge on any atom is 0.162 e. The Morgan fingerprint density at radius 2 is 2.00 bits per heavy atom. The van der Waals surface area contributed by atoms with Gasteiger partial charge in [0, 0.05) is 6.42 Å². The molecule has 0 heterocycles. The largest absolute Gasteiger partial charge is 0.299 e. The van der Waals surface area contributed by atoms with Crippen molar-refractivity contribution in [2.45, 2.75) is 33.1 Å². The minimum absolute atomic E-state index is 0.0376. The van der Waals surface area contributed by atoms with Crippen LogP contribution in [0.1, 0.15) is 33.1 Å². The van der Waals surface area contributed by atoms with E-state index in [0.29, 0.717) is 6.42 Å². The number of carbonyl (C=O) groups is 2. The molecule has 62 valence electrons. The predicted molar refractivity (Wildman–Crippen MR) is 44.4 cm³/mol. The molecular weight excluding hydrogens is 140 g/mol. The number of rotatable bonds is 5. The Hall–Kier alpha value is -0.920. The lowest BCUT2D eigenvalue weighted by Gasteiger charge is -1.92. The Morgan fingerprint density at radius 1 is 1.36 bits per heavy atom. The highest BCUT2D eigenvalue weighted by Crippen LogP contribution is 1.95. The Labute approximate surface area is 67.3 Å². The fraction of sp³-hybridized carbons (Fsp3) is 0.556. The lowest BCUT2D eigenvalue weighted by molar-refractivity contribution is -0.124. The van der Waals surface area contributed by atoms with Gasteiger partial charge in [0.15, 0.2) is 5.78 Å². The summed E-state index contributed by atoms with van der Waals surface area (Å²) in [6.07, 6.45) is 4.50. The third-order valence-electron chi connectivity index (χ3n) is 1.25. The number of hydrogen-bond donors (Lipinski definition) is 0. The topological polar surface area (TPSA) is 34.1 Å². The molecule has 0 fully saturated rings. The monoisotopic (exact) mass is 154 g/mol. The normalized spacial score (nSPS) is 10.4. The van der Waals surface area contributed by atoms with Crippen LogP contribution in [0.15, 0.2) is 12.2 Å². The molecule has 0 unspecified atom stereocenters. The van der Waals surface area contributed by atoms with Crippen molar-refractivity contribution in [1.29, 1.82) is 0 Å². The van der Waals surface area contributed by atoms with Gasteiger partial charge in [-0.15, -0.1) is 0 Å². The Bertz CT molecular complexity index is 168. The van der Waals surface area contributed by atoms with Crippen molar-refractivity contribution in [3.8, 4) is 0 Å². The van der Waals surface area contributed by atoms with Crippen molar-refractivity contribution in [2.75, 3.05) is 0 Å². The lowest BCUT2D eigenvalue weighted by atomic mass is 10.1. The molecule has 0 spiro atoms. The van der Waals surface area contributed by atoms with Gasteiger partial charge in [0.25, 0.3) is 0 Å². The molecule has 0 amide bonds. The van der Waals surface area contributed by atoms with E-state index < -0.39 is 0 Å². The van der Waals surface area contributed by atoms with Gasteiger partial charge in [-0.25, -0.2) is 0 Å². The van der Waals surface area contributed by atoms with E-state index in [1.54, 1.807) is 13.0 Å². The summed E-state index contributed by atoms with van der Waals surface area (Å²) < 4.78 is 0. The summed E-state index contributed by atoms with van der Waals surface area (Å²) in [5.74, 6) is -0.0541. The van der Waals surface area contributed by atoms with Crippen LogP contribution in [0.2, 0.25) is 0 Å². The first-order valence-corrected chi connectivity index (χ1v) is 3.88. The molecule has 0 aliphatic heterocycles. The van der Waals surface area contributed by atoms with Crippen molar-refractivity contribution in [3.63, 3.8) is 0 Å². The van der Waals surface area contributed by atoms with Crippen LogP contribution in [0.4, 0.5) is 0 Å². The zero-order chi connectivity index (χ0) is 8.69. The third-order valence-corrected chi connectivity index (χ3v) is 1.25. The van der Waals surface area contributed by atoms with Crippen molar-refractivity contribution in [3.05, 3.63) is 12.2 Å². The summed E-state index contributed by atoms with van der Waals surface area (Å²) in [6, 6.07) is 0. The third kappa shape index (κ3) is 5.52. The summed E-state index contributed by atoms with van der Waals surface area (Å²) in [5.41, 5.74) is 0. The van der Waals surface area contributed by atoms with Crippen LogP contribution in [0.25, 0.3) is 0 Å². The summed E-state index contributed by atoms with van der Waals surface area (Å²) in [4.78, 5) is 21.7. The molecule has 0 aromatic rings. The SMILES string of the molecule is CC=CC(=O)CC(=O)CCC. The average Bonchev–Trinajstić information content (AvgIpc) is 1.87. The predicted octanol–water partition coefficient (Wildman–Crippen LogP) is 1.89.